The minimum atomic E-state index is 0. The van der Waals surface area contributed by atoms with Crippen molar-refractivity contribution in [2.24, 2.45) is 11.7 Å². The van der Waals surface area contributed by atoms with Gasteiger partial charge in [0.15, 0.2) is 0 Å². The highest BCUT2D eigenvalue weighted by Crippen LogP contribution is 2.24. The number of carbonyl (C=O) groups excluding carboxylic acids is 1. The number of aromatic nitrogens is 2. The number of nitrogens with two attached hydrogens (primary N) is 1. The van der Waals surface area contributed by atoms with E-state index in [1.807, 2.05) is 13.0 Å². The first kappa shape index (κ1) is 14.9. The van der Waals surface area contributed by atoms with E-state index in [2.05, 4.69) is 15.3 Å². The third kappa shape index (κ3) is 3.92. The van der Waals surface area contributed by atoms with Gasteiger partial charge in [-0.3, -0.25) is 4.79 Å². The number of amides is 1. The summed E-state index contributed by atoms with van der Waals surface area (Å²) in [6, 6.07) is 2.00. The van der Waals surface area contributed by atoms with Gasteiger partial charge < -0.3 is 11.1 Å². The Morgan fingerprint density at radius 2 is 2.33 bits per heavy atom. The van der Waals surface area contributed by atoms with E-state index in [4.69, 9.17) is 5.73 Å². The summed E-state index contributed by atoms with van der Waals surface area (Å²) in [6.45, 7) is 2.30. The van der Waals surface area contributed by atoms with Crippen LogP contribution in [0.5, 0.6) is 0 Å². The molecule has 1 aromatic heterocycles. The van der Waals surface area contributed by atoms with E-state index in [-0.39, 0.29) is 30.3 Å². The summed E-state index contributed by atoms with van der Waals surface area (Å²) in [6.07, 6.45) is 4.35. The molecule has 1 saturated carbocycles. The molecular formula is C12H19ClN4O. The molecule has 2 rings (SSSR count). The summed E-state index contributed by atoms with van der Waals surface area (Å²) in [7, 11) is 0. The maximum absolute atomic E-state index is 11.8. The van der Waals surface area contributed by atoms with Crippen LogP contribution in [-0.4, -0.2) is 21.9 Å². The monoisotopic (exact) mass is 270 g/mol. The largest absolute Gasteiger partial charge is 0.350 e. The van der Waals surface area contributed by atoms with E-state index in [0.717, 1.165) is 30.8 Å². The van der Waals surface area contributed by atoms with Gasteiger partial charge in [-0.1, -0.05) is 0 Å². The van der Waals surface area contributed by atoms with Crippen molar-refractivity contribution in [2.45, 2.75) is 38.8 Å². The molecule has 0 saturated heterocycles. The molecule has 0 aromatic carbocycles. The molecule has 1 heterocycles. The molecule has 0 bridgehead atoms. The van der Waals surface area contributed by atoms with Crippen LogP contribution in [0.2, 0.25) is 0 Å². The number of aryl methyl sites for hydroxylation is 1. The normalized spacial score (nSPS) is 22.3. The topological polar surface area (TPSA) is 80.9 Å². The third-order valence-corrected chi connectivity index (χ3v) is 3.12. The first-order chi connectivity index (χ1) is 8.15. The van der Waals surface area contributed by atoms with Gasteiger partial charge in [-0.25, -0.2) is 9.97 Å². The lowest BCUT2D eigenvalue weighted by Crippen LogP contribution is -2.30. The summed E-state index contributed by atoms with van der Waals surface area (Å²) >= 11 is 0. The van der Waals surface area contributed by atoms with Crippen LogP contribution in [-0.2, 0) is 11.3 Å². The highest BCUT2D eigenvalue weighted by Gasteiger charge is 2.27. The molecule has 0 aliphatic heterocycles. The van der Waals surface area contributed by atoms with Crippen molar-refractivity contribution >= 4 is 18.3 Å². The van der Waals surface area contributed by atoms with Crippen molar-refractivity contribution in [1.29, 1.82) is 0 Å². The van der Waals surface area contributed by atoms with Gasteiger partial charge in [0.1, 0.15) is 5.82 Å². The summed E-state index contributed by atoms with van der Waals surface area (Å²) in [5.74, 6) is 0.891. The molecule has 2 unspecified atom stereocenters. The minimum Gasteiger partial charge on any atom is -0.350 e. The van der Waals surface area contributed by atoms with Gasteiger partial charge in [-0.05, 0) is 32.3 Å². The highest BCUT2D eigenvalue weighted by atomic mass is 35.5. The Kier molecular flexibility index (Phi) is 5.50. The average molecular weight is 271 g/mol. The second kappa shape index (κ2) is 6.66. The predicted molar refractivity (Wildman–Crippen MR) is 71.2 cm³/mol. The van der Waals surface area contributed by atoms with Crippen molar-refractivity contribution in [2.75, 3.05) is 0 Å². The van der Waals surface area contributed by atoms with Crippen LogP contribution in [0.15, 0.2) is 12.3 Å². The molecule has 1 aliphatic rings. The Morgan fingerprint density at radius 1 is 1.56 bits per heavy atom. The molecule has 6 heteroatoms. The van der Waals surface area contributed by atoms with Crippen LogP contribution in [0.1, 0.15) is 30.8 Å². The van der Waals surface area contributed by atoms with Crippen LogP contribution in [0, 0.1) is 12.8 Å². The molecule has 3 N–H and O–H groups in total. The fourth-order valence-electron chi connectivity index (χ4n) is 2.18. The zero-order valence-electron chi connectivity index (χ0n) is 10.4. The first-order valence-corrected chi connectivity index (χ1v) is 5.97. The van der Waals surface area contributed by atoms with Crippen LogP contribution < -0.4 is 11.1 Å². The summed E-state index contributed by atoms with van der Waals surface area (Å²) in [4.78, 5) is 20.1. The number of carbonyl (C=O) groups is 1. The van der Waals surface area contributed by atoms with Gasteiger partial charge in [0.25, 0.3) is 0 Å². The molecule has 1 amide bonds. The molecule has 5 nitrogen and oxygen atoms in total. The Bertz CT molecular complexity index is 413. The molecule has 18 heavy (non-hydrogen) atoms. The van der Waals surface area contributed by atoms with E-state index < -0.39 is 0 Å². The SMILES string of the molecule is Cc1nccc(CNC(=O)C2CCC(N)C2)n1.Cl. The number of hydrogen-bond acceptors (Lipinski definition) is 4. The third-order valence-electron chi connectivity index (χ3n) is 3.12. The summed E-state index contributed by atoms with van der Waals surface area (Å²) in [5.41, 5.74) is 6.63. The fraction of sp³-hybridized carbons (Fsp3) is 0.583. The lowest BCUT2D eigenvalue weighted by Gasteiger charge is -2.10. The van der Waals surface area contributed by atoms with Crippen LogP contribution in [0.25, 0.3) is 0 Å². The van der Waals surface area contributed by atoms with Crippen molar-refractivity contribution in [3.05, 3.63) is 23.8 Å². The van der Waals surface area contributed by atoms with Gasteiger partial charge in [0, 0.05) is 18.2 Å². The number of hydrogen-bond donors (Lipinski definition) is 2. The molecule has 0 radical (unpaired) electrons. The summed E-state index contributed by atoms with van der Waals surface area (Å²) in [5, 5.41) is 2.90. The van der Waals surface area contributed by atoms with E-state index >= 15 is 0 Å². The van der Waals surface area contributed by atoms with Crippen molar-refractivity contribution < 1.29 is 4.79 Å². The van der Waals surface area contributed by atoms with E-state index in [0.29, 0.717) is 6.54 Å². The standard InChI is InChI=1S/C12H18N4O.ClH/c1-8-14-5-4-11(16-8)7-15-12(17)9-2-3-10(13)6-9;/h4-5,9-10H,2-3,6-7,13H2,1H3,(H,15,17);1H. The Hall–Kier alpha value is -1.20. The molecule has 1 fully saturated rings. The fourth-order valence-corrected chi connectivity index (χ4v) is 2.18. The number of halogens is 1. The van der Waals surface area contributed by atoms with Gasteiger partial charge in [-0.15, -0.1) is 12.4 Å². The first-order valence-electron chi connectivity index (χ1n) is 5.97. The second-order valence-corrected chi connectivity index (χ2v) is 4.58. The molecule has 2 atom stereocenters. The Balaban J connectivity index is 0.00000162. The van der Waals surface area contributed by atoms with Crippen LogP contribution in [0.4, 0.5) is 0 Å². The minimum absolute atomic E-state index is 0. The number of rotatable bonds is 3. The Labute approximate surface area is 113 Å². The van der Waals surface area contributed by atoms with Gasteiger partial charge in [0.2, 0.25) is 5.91 Å². The smallest absolute Gasteiger partial charge is 0.223 e. The quantitative estimate of drug-likeness (QED) is 0.857. The average Bonchev–Trinajstić information content (AvgIpc) is 2.73. The Morgan fingerprint density at radius 3 is 2.94 bits per heavy atom. The molecule has 1 aliphatic carbocycles. The van der Waals surface area contributed by atoms with E-state index in [9.17, 15) is 4.79 Å². The van der Waals surface area contributed by atoms with Crippen LogP contribution >= 0.6 is 12.4 Å². The van der Waals surface area contributed by atoms with Gasteiger partial charge >= 0.3 is 0 Å². The van der Waals surface area contributed by atoms with Gasteiger partial charge in [0.05, 0.1) is 12.2 Å². The summed E-state index contributed by atoms with van der Waals surface area (Å²) < 4.78 is 0. The lowest BCUT2D eigenvalue weighted by molar-refractivity contribution is -0.125. The second-order valence-electron chi connectivity index (χ2n) is 4.58. The van der Waals surface area contributed by atoms with Gasteiger partial charge in [-0.2, -0.15) is 0 Å². The number of nitrogens with one attached hydrogen (secondary N) is 1. The maximum atomic E-state index is 11.8. The molecular weight excluding hydrogens is 252 g/mol. The van der Waals surface area contributed by atoms with Crippen molar-refractivity contribution in [3.63, 3.8) is 0 Å². The molecule has 0 spiro atoms. The van der Waals surface area contributed by atoms with Crippen molar-refractivity contribution in [3.8, 4) is 0 Å². The van der Waals surface area contributed by atoms with E-state index in [1.54, 1.807) is 6.20 Å². The highest BCUT2D eigenvalue weighted by molar-refractivity contribution is 5.85. The van der Waals surface area contributed by atoms with Crippen LogP contribution in [0.3, 0.4) is 0 Å². The van der Waals surface area contributed by atoms with E-state index in [1.165, 1.54) is 0 Å². The zero-order valence-corrected chi connectivity index (χ0v) is 11.2. The maximum Gasteiger partial charge on any atom is 0.223 e. The zero-order chi connectivity index (χ0) is 12.3. The van der Waals surface area contributed by atoms with Crippen molar-refractivity contribution in [1.82, 2.24) is 15.3 Å². The number of nitrogens with zero attached hydrogens (tertiary/aromatic N) is 2. The molecule has 100 valence electrons. The predicted octanol–water partition coefficient (Wildman–Crippen LogP) is 0.950. The molecule has 1 aromatic rings. The lowest BCUT2D eigenvalue weighted by atomic mass is 10.1.